The van der Waals surface area contributed by atoms with E-state index in [4.69, 9.17) is 0 Å². The van der Waals surface area contributed by atoms with Crippen LogP contribution in [0, 0.1) is 0 Å². The molecule has 2 aromatic carbocycles. The second kappa shape index (κ2) is 8.56. The number of fused-ring (bicyclic) bond motifs is 1. The van der Waals surface area contributed by atoms with Crippen LogP contribution < -0.4 is 5.32 Å². The summed E-state index contributed by atoms with van der Waals surface area (Å²) in [6.07, 6.45) is 2.08. The Morgan fingerprint density at radius 1 is 1.11 bits per heavy atom. The van der Waals surface area contributed by atoms with Crippen molar-refractivity contribution in [3.8, 4) is 0 Å². The fraction of sp³-hybridized carbons (Fsp3) is 0.333. The lowest BCUT2D eigenvalue weighted by Gasteiger charge is -2.17. The van der Waals surface area contributed by atoms with Gasteiger partial charge in [-0.3, -0.25) is 4.79 Å². The van der Waals surface area contributed by atoms with Gasteiger partial charge >= 0.3 is 0 Å². The second-order valence-corrected chi connectivity index (χ2v) is 9.13. The molecule has 1 aromatic heterocycles. The second-order valence-electron chi connectivity index (χ2n) is 6.99. The minimum atomic E-state index is -3.26. The molecule has 0 fully saturated rings. The topological polar surface area (TPSA) is 81.1 Å². The molecule has 0 spiro atoms. The first-order valence-corrected chi connectivity index (χ1v) is 11.4. The fourth-order valence-corrected chi connectivity index (χ4v) is 4.00. The van der Waals surface area contributed by atoms with Crippen molar-refractivity contribution in [3.05, 3.63) is 66.0 Å². The standard InChI is InChI=1S/C21H25N3O3S/c1-3-16(17-9-5-4-6-10-17)13-22-21(25)14-24-19-12-8-7-11-18(19)23-20(24)15-28(2,26)27/h4-12,16H,3,13-15H2,1-2H3,(H,22,25). The Kier molecular flexibility index (Phi) is 6.14. The van der Waals surface area contributed by atoms with Gasteiger partial charge in [-0.2, -0.15) is 0 Å². The lowest BCUT2D eigenvalue weighted by Crippen LogP contribution is -2.32. The maximum absolute atomic E-state index is 12.6. The number of hydrogen-bond acceptors (Lipinski definition) is 4. The predicted octanol–water partition coefficient (Wildman–Crippen LogP) is 2.89. The molecule has 3 rings (SSSR count). The molecule has 0 saturated carbocycles. The van der Waals surface area contributed by atoms with Crippen LogP contribution in [0.25, 0.3) is 11.0 Å². The van der Waals surface area contributed by atoms with Crippen molar-refractivity contribution in [3.63, 3.8) is 0 Å². The van der Waals surface area contributed by atoms with Crippen molar-refractivity contribution in [1.82, 2.24) is 14.9 Å². The number of aromatic nitrogens is 2. The first kappa shape index (κ1) is 20.1. The molecule has 0 aliphatic rings. The van der Waals surface area contributed by atoms with Crippen LogP contribution in [0.2, 0.25) is 0 Å². The SMILES string of the molecule is CCC(CNC(=O)Cn1c(CS(C)(=O)=O)nc2ccccc21)c1ccccc1. The Morgan fingerprint density at radius 2 is 1.79 bits per heavy atom. The molecule has 0 aliphatic heterocycles. The van der Waals surface area contributed by atoms with Crippen LogP contribution in [0.1, 0.15) is 30.7 Å². The van der Waals surface area contributed by atoms with Gasteiger partial charge in [0.2, 0.25) is 5.91 Å². The van der Waals surface area contributed by atoms with Crippen LogP contribution in [0.5, 0.6) is 0 Å². The summed E-state index contributed by atoms with van der Waals surface area (Å²) < 4.78 is 25.2. The van der Waals surface area contributed by atoms with Gasteiger partial charge in [-0.25, -0.2) is 13.4 Å². The summed E-state index contributed by atoms with van der Waals surface area (Å²) in [6.45, 7) is 2.67. The zero-order valence-corrected chi connectivity index (χ0v) is 16.9. The number of nitrogens with one attached hydrogen (secondary N) is 1. The smallest absolute Gasteiger partial charge is 0.240 e. The molecule has 3 aromatic rings. The van der Waals surface area contributed by atoms with Crippen molar-refractivity contribution in [2.75, 3.05) is 12.8 Å². The molecule has 7 heteroatoms. The van der Waals surface area contributed by atoms with E-state index in [-0.39, 0.29) is 24.1 Å². The average molecular weight is 400 g/mol. The van der Waals surface area contributed by atoms with Gasteiger partial charge in [0, 0.05) is 18.7 Å². The number of imidazole rings is 1. The Hall–Kier alpha value is -2.67. The Bertz CT molecular complexity index is 1060. The van der Waals surface area contributed by atoms with Gasteiger partial charge in [-0.05, 0) is 24.1 Å². The first-order chi connectivity index (χ1) is 13.4. The zero-order valence-electron chi connectivity index (χ0n) is 16.1. The van der Waals surface area contributed by atoms with Crippen LogP contribution in [-0.4, -0.2) is 36.7 Å². The highest BCUT2D eigenvalue weighted by Gasteiger charge is 2.18. The van der Waals surface area contributed by atoms with Crippen LogP contribution in [-0.2, 0) is 26.9 Å². The third-order valence-electron chi connectivity index (χ3n) is 4.74. The average Bonchev–Trinajstić information content (AvgIpc) is 2.98. The zero-order chi connectivity index (χ0) is 20.1. The molecule has 1 heterocycles. The fourth-order valence-electron chi connectivity index (χ4n) is 3.31. The number of benzene rings is 2. The van der Waals surface area contributed by atoms with Crippen LogP contribution in [0.3, 0.4) is 0 Å². The third-order valence-corrected chi connectivity index (χ3v) is 5.52. The number of sulfone groups is 1. The highest BCUT2D eigenvalue weighted by Crippen LogP contribution is 2.19. The van der Waals surface area contributed by atoms with Gasteiger partial charge in [0.15, 0.2) is 9.84 Å². The van der Waals surface area contributed by atoms with Crippen LogP contribution >= 0.6 is 0 Å². The van der Waals surface area contributed by atoms with Gasteiger partial charge in [0.25, 0.3) is 0 Å². The summed E-state index contributed by atoms with van der Waals surface area (Å²) in [6, 6.07) is 17.5. The third kappa shape index (κ3) is 4.98. The maximum atomic E-state index is 12.6. The summed E-state index contributed by atoms with van der Waals surface area (Å²) in [7, 11) is -3.26. The number of hydrogen-bond donors (Lipinski definition) is 1. The van der Waals surface area contributed by atoms with E-state index in [0.29, 0.717) is 17.9 Å². The number of rotatable bonds is 8. The van der Waals surface area contributed by atoms with E-state index in [1.54, 1.807) is 4.57 Å². The summed E-state index contributed by atoms with van der Waals surface area (Å²) >= 11 is 0. The van der Waals surface area contributed by atoms with E-state index in [0.717, 1.165) is 11.9 Å². The van der Waals surface area contributed by atoms with E-state index in [1.807, 2.05) is 42.5 Å². The van der Waals surface area contributed by atoms with Crippen molar-refractivity contribution in [2.24, 2.45) is 0 Å². The number of amides is 1. The minimum absolute atomic E-state index is 0.0383. The largest absolute Gasteiger partial charge is 0.354 e. The summed E-state index contributed by atoms with van der Waals surface area (Å²) in [5.74, 6) is 0.262. The lowest BCUT2D eigenvalue weighted by atomic mass is 9.96. The quantitative estimate of drug-likeness (QED) is 0.631. The van der Waals surface area contributed by atoms with Crippen molar-refractivity contribution in [1.29, 1.82) is 0 Å². The van der Waals surface area contributed by atoms with E-state index >= 15 is 0 Å². The number of carbonyl (C=O) groups excluding carboxylic acids is 1. The molecule has 1 N–H and O–H groups in total. The number of nitrogens with zero attached hydrogens (tertiary/aromatic N) is 2. The van der Waals surface area contributed by atoms with E-state index in [9.17, 15) is 13.2 Å². The molecule has 1 unspecified atom stereocenters. The van der Waals surface area contributed by atoms with Gasteiger partial charge in [-0.1, -0.05) is 49.4 Å². The predicted molar refractivity (Wildman–Crippen MR) is 111 cm³/mol. The molecule has 0 radical (unpaired) electrons. The molecule has 148 valence electrons. The molecule has 1 atom stereocenters. The number of para-hydroxylation sites is 2. The van der Waals surface area contributed by atoms with Crippen LogP contribution in [0.15, 0.2) is 54.6 Å². The first-order valence-electron chi connectivity index (χ1n) is 9.31. The molecule has 0 saturated heterocycles. The molecular weight excluding hydrogens is 374 g/mol. The van der Waals surface area contributed by atoms with Crippen molar-refractivity contribution < 1.29 is 13.2 Å². The molecule has 6 nitrogen and oxygen atoms in total. The lowest BCUT2D eigenvalue weighted by molar-refractivity contribution is -0.121. The van der Waals surface area contributed by atoms with Gasteiger partial charge in [0.05, 0.1) is 11.0 Å². The summed E-state index contributed by atoms with van der Waals surface area (Å²) in [5.41, 5.74) is 2.63. The number of carbonyl (C=O) groups is 1. The molecular formula is C21H25N3O3S. The van der Waals surface area contributed by atoms with Crippen LogP contribution in [0.4, 0.5) is 0 Å². The summed E-state index contributed by atoms with van der Waals surface area (Å²) in [5, 5.41) is 2.99. The Balaban J connectivity index is 1.76. The van der Waals surface area contributed by atoms with E-state index in [2.05, 4.69) is 29.4 Å². The minimum Gasteiger partial charge on any atom is -0.354 e. The molecule has 0 bridgehead atoms. The van der Waals surface area contributed by atoms with Gasteiger partial charge < -0.3 is 9.88 Å². The maximum Gasteiger partial charge on any atom is 0.240 e. The highest BCUT2D eigenvalue weighted by atomic mass is 32.2. The van der Waals surface area contributed by atoms with Crippen molar-refractivity contribution >= 4 is 26.8 Å². The molecule has 0 aliphatic carbocycles. The normalized spacial score (nSPS) is 12.8. The Morgan fingerprint density at radius 3 is 2.46 bits per heavy atom. The summed E-state index contributed by atoms with van der Waals surface area (Å²) in [4.78, 5) is 17.0. The van der Waals surface area contributed by atoms with Crippen molar-refractivity contribution in [2.45, 2.75) is 31.6 Å². The van der Waals surface area contributed by atoms with Gasteiger partial charge in [0.1, 0.15) is 18.1 Å². The van der Waals surface area contributed by atoms with Gasteiger partial charge in [-0.15, -0.1) is 0 Å². The molecule has 28 heavy (non-hydrogen) atoms. The monoisotopic (exact) mass is 399 g/mol. The Labute approximate surface area is 165 Å². The highest BCUT2D eigenvalue weighted by molar-refractivity contribution is 7.89. The van der Waals surface area contributed by atoms with E-state index < -0.39 is 9.84 Å². The van der Waals surface area contributed by atoms with E-state index in [1.165, 1.54) is 11.8 Å². The molecule has 1 amide bonds.